The third-order valence-corrected chi connectivity index (χ3v) is 4.30. The predicted octanol–water partition coefficient (Wildman–Crippen LogP) is 3.00. The van der Waals surface area contributed by atoms with Crippen molar-refractivity contribution in [2.24, 2.45) is 0 Å². The van der Waals surface area contributed by atoms with Gasteiger partial charge in [-0.1, -0.05) is 24.3 Å². The number of likely N-dealkylation sites (N-methyl/N-ethyl adjacent to an activating group) is 1. The molecule has 0 atom stereocenters. The van der Waals surface area contributed by atoms with Crippen LogP contribution in [0.3, 0.4) is 0 Å². The lowest BCUT2D eigenvalue weighted by molar-refractivity contribution is -0.384. The highest BCUT2D eigenvalue weighted by Gasteiger charge is 2.40. The molecule has 0 aliphatic carbocycles. The van der Waals surface area contributed by atoms with Gasteiger partial charge in [-0.3, -0.25) is 24.6 Å². The summed E-state index contributed by atoms with van der Waals surface area (Å²) >= 11 is 0. The number of hydrogen-bond donors (Lipinski definition) is 0. The van der Waals surface area contributed by atoms with E-state index in [0.29, 0.717) is 5.56 Å². The number of imide groups is 1. The van der Waals surface area contributed by atoms with Crippen molar-refractivity contribution in [2.45, 2.75) is 0 Å². The van der Waals surface area contributed by atoms with Crippen molar-refractivity contribution in [3.05, 3.63) is 88.6 Å². The molecule has 7 heteroatoms. The zero-order chi connectivity index (χ0) is 19.6. The fourth-order valence-electron chi connectivity index (χ4n) is 2.96. The molecule has 0 radical (unpaired) electrons. The van der Waals surface area contributed by atoms with Crippen LogP contribution in [0.2, 0.25) is 0 Å². The van der Waals surface area contributed by atoms with E-state index in [9.17, 15) is 19.7 Å². The maximum absolute atomic E-state index is 12.9. The van der Waals surface area contributed by atoms with Crippen molar-refractivity contribution in [1.82, 2.24) is 4.90 Å². The summed E-state index contributed by atoms with van der Waals surface area (Å²) in [5.41, 5.74) is 1.54. The molecule has 2 amide bonds. The number of carbonyl (C=O) groups excluding carboxylic acids is 2. The number of nitrogens with zero attached hydrogens (tertiary/aromatic N) is 3. The summed E-state index contributed by atoms with van der Waals surface area (Å²) in [7, 11) is 1.71. The van der Waals surface area contributed by atoms with Gasteiger partial charge in [-0.25, -0.2) is 0 Å². The zero-order valence-electron chi connectivity index (χ0n) is 14.7. The van der Waals surface area contributed by atoms with E-state index in [1.807, 2.05) is 30.3 Å². The van der Waals surface area contributed by atoms with Crippen LogP contribution in [0.25, 0.3) is 5.57 Å². The van der Waals surface area contributed by atoms with E-state index in [-0.39, 0.29) is 23.5 Å². The number of amides is 2. The summed E-state index contributed by atoms with van der Waals surface area (Å²) in [5.74, 6) is -0.883. The van der Waals surface area contributed by atoms with Gasteiger partial charge in [-0.2, -0.15) is 0 Å². The molecular weight excluding hydrogens is 346 g/mol. The molecule has 0 saturated carbocycles. The van der Waals surface area contributed by atoms with Crippen molar-refractivity contribution in [2.75, 3.05) is 18.5 Å². The van der Waals surface area contributed by atoms with E-state index in [2.05, 4.69) is 6.58 Å². The SMILES string of the molecule is C=CCN1C(=O)C(c2ccc([N+](=O)[O-])cc2)=C(N(C)c2ccccc2)C1=O. The molecule has 7 nitrogen and oxygen atoms in total. The molecule has 2 aromatic rings. The van der Waals surface area contributed by atoms with Gasteiger partial charge in [0.2, 0.25) is 0 Å². The first kappa shape index (κ1) is 18.1. The fraction of sp³-hybridized carbons (Fsp3) is 0.100. The van der Waals surface area contributed by atoms with Crippen LogP contribution < -0.4 is 4.90 Å². The van der Waals surface area contributed by atoms with E-state index in [4.69, 9.17) is 0 Å². The standard InChI is InChI=1S/C20H17N3O4/c1-3-13-22-19(24)17(14-9-11-16(12-10-14)23(26)27)18(20(22)25)21(2)15-7-5-4-6-8-15/h3-12H,1,13H2,2H3. The van der Waals surface area contributed by atoms with Crippen molar-refractivity contribution in [3.63, 3.8) is 0 Å². The van der Waals surface area contributed by atoms with Crippen LogP contribution in [0.1, 0.15) is 5.56 Å². The first-order chi connectivity index (χ1) is 13.0. The first-order valence-electron chi connectivity index (χ1n) is 8.20. The Morgan fingerprint density at radius 1 is 1.07 bits per heavy atom. The van der Waals surface area contributed by atoms with Crippen molar-refractivity contribution in [1.29, 1.82) is 0 Å². The fourth-order valence-corrected chi connectivity index (χ4v) is 2.96. The van der Waals surface area contributed by atoms with Crippen molar-refractivity contribution >= 4 is 28.8 Å². The number of non-ortho nitro benzene ring substituents is 1. The number of nitro benzene ring substituents is 1. The zero-order valence-corrected chi connectivity index (χ0v) is 14.7. The topological polar surface area (TPSA) is 83.8 Å². The highest BCUT2D eigenvalue weighted by molar-refractivity contribution is 6.36. The lowest BCUT2D eigenvalue weighted by Gasteiger charge is -2.21. The van der Waals surface area contributed by atoms with Crippen LogP contribution in [0.15, 0.2) is 72.9 Å². The second kappa shape index (κ2) is 7.25. The molecule has 1 aliphatic heterocycles. The summed E-state index contributed by atoms with van der Waals surface area (Å²) in [6.07, 6.45) is 1.48. The smallest absolute Gasteiger partial charge is 0.278 e. The molecule has 0 bridgehead atoms. The third-order valence-electron chi connectivity index (χ3n) is 4.30. The highest BCUT2D eigenvalue weighted by atomic mass is 16.6. The van der Waals surface area contributed by atoms with Crippen LogP contribution in [0.4, 0.5) is 11.4 Å². The molecule has 1 aliphatic rings. The number of rotatable bonds is 6. The third kappa shape index (κ3) is 3.22. The summed E-state index contributed by atoms with van der Waals surface area (Å²) in [5, 5.41) is 10.9. The maximum atomic E-state index is 12.9. The van der Waals surface area contributed by atoms with Gasteiger partial charge in [0.05, 0.1) is 10.5 Å². The first-order valence-corrected chi connectivity index (χ1v) is 8.20. The van der Waals surface area contributed by atoms with Gasteiger partial charge in [0.25, 0.3) is 17.5 Å². The van der Waals surface area contributed by atoms with Crippen LogP contribution in [-0.2, 0) is 9.59 Å². The minimum absolute atomic E-state index is 0.0836. The molecule has 0 unspecified atom stereocenters. The highest BCUT2D eigenvalue weighted by Crippen LogP contribution is 2.33. The van der Waals surface area contributed by atoms with Crippen molar-refractivity contribution < 1.29 is 14.5 Å². The second-order valence-corrected chi connectivity index (χ2v) is 5.93. The molecule has 0 spiro atoms. The molecule has 0 fully saturated rings. The molecular formula is C20H17N3O4. The summed E-state index contributed by atoms with van der Waals surface area (Å²) in [6.45, 7) is 3.68. The van der Waals surface area contributed by atoms with Gasteiger partial charge in [-0.15, -0.1) is 6.58 Å². The summed E-state index contributed by atoms with van der Waals surface area (Å²) in [6, 6.07) is 14.8. The number of hydrogen-bond acceptors (Lipinski definition) is 5. The molecule has 3 rings (SSSR count). The Labute approximate surface area is 156 Å². The number of benzene rings is 2. The maximum Gasteiger partial charge on any atom is 0.278 e. The Morgan fingerprint density at radius 2 is 1.70 bits per heavy atom. The number of anilines is 1. The van der Waals surface area contributed by atoms with Gasteiger partial charge >= 0.3 is 0 Å². The molecule has 0 aromatic heterocycles. The van der Waals surface area contributed by atoms with E-state index in [0.717, 1.165) is 10.6 Å². The molecule has 0 saturated heterocycles. The Morgan fingerprint density at radius 3 is 2.26 bits per heavy atom. The van der Waals surface area contributed by atoms with Crippen LogP contribution in [0.5, 0.6) is 0 Å². The molecule has 1 heterocycles. The summed E-state index contributed by atoms with van der Waals surface area (Å²) in [4.78, 5) is 39.0. The van der Waals surface area contributed by atoms with Gasteiger partial charge < -0.3 is 4.90 Å². The van der Waals surface area contributed by atoms with Gasteiger partial charge in [0, 0.05) is 31.4 Å². The van der Waals surface area contributed by atoms with Crippen LogP contribution in [0, 0.1) is 10.1 Å². The van der Waals surface area contributed by atoms with Crippen molar-refractivity contribution in [3.8, 4) is 0 Å². The lowest BCUT2D eigenvalue weighted by Crippen LogP contribution is -2.34. The Hall–Kier alpha value is -3.74. The van der Waals surface area contributed by atoms with Gasteiger partial charge in [0.1, 0.15) is 5.70 Å². The predicted molar refractivity (Wildman–Crippen MR) is 102 cm³/mol. The normalized spacial score (nSPS) is 13.9. The average Bonchev–Trinajstić information content (AvgIpc) is 2.93. The van der Waals surface area contributed by atoms with E-state index in [1.54, 1.807) is 11.9 Å². The average molecular weight is 363 g/mol. The minimum atomic E-state index is -0.513. The van der Waals surface area contributed by atoms with E-state index in [1.165, 1.54) is 30.3 Å². The number of carbonyl (C=O) groups is 2. The number of para-hydroxylation sites is 1. The molecule has 27 heavy (non-hydrogen) atoms. The molecule has 0 N–H and O–H groups in total. The van der Waals surface area contributed by atoms with Crippen LogP contribution >= 0.6 is 0 Å². The second-order valence-electron chi connectivity index (χ2n) is 5.93. The Balaban J connectivity index is 2.14. The Bertz CT molecular complexity index is 949. The van der Waals surface area contributed by atoms with E-state index < -0.39 is 16.7 Å². The molecule has 2 aromatic carbocycles. The van der Waals surface area contributed by atoms with E-state index >= 15 is 0 Å². The monoisotopic (exact) mass is 363 g/mol. The minimum Gasteiger partial charge on any atom is -0.339 e. The quantitative estimate of drug-likeness (QED) is 0.341. The van der Waals surface area contributed by atoms with Crippen LogP contribution in [-0.4, -0.2) is 35.2 Å². The summed E-state index contributed by atoms with van der Waals surface area (Å²) < 4.78 is 0. The largest absolute Gasteiger partial charge is 0.339 e. The molecule has 136 valence electrons. The number of nitro groups is 1. The van der Waals surface area contributed by atoms with Gasteiger partial charge in [-0.05, 0) is 29.8 Å². The Kier molecular flexibility index (Phi) is 4.85. The van der Waals surface area contributed by atoms with Gasteiger partial charge in [0.15, 0.2) is 0 Å². The lowest BCUT2D eigenvalue weighted by atomic mass is 10.0.